The van der Waals surface area contributed by atoms with E-state index in [2.05, 4.69) is 21.2 Å². The van der Waals surface area contributed by atoms with E-state index in [1.807, 2.05) is 0 Å². The van der Waals surface area contributed by atoms with Crippen molar-refractivity contribution < 1.29 is 15.2 Å². The number of hydrogen-bond acceptors (Lipinski definition) is 2. The van der Waals surface area contributed by atoms with Gasteiger partial charge in [0.05, 0.1) is 18.1 Å². The summed E-state index contributed by atoms with van der Waals surface area (Å²) in [4.78, 5) is 9.21. The molecule has 0 amide bonds. The Hall–Kier alpha value is -0.0900. The summed E-state index contributed by atoms with van der Waals surface area (Å²) in [7, 11) is 0. The van der Waals surface area contributed by atoms with Gasteiger partial charge in [-0.25, -0.2) is 0 Å². The maximum atomic E-state index is 9.21. The first-order valence-corrected chi connectivity index (χ1v) is 8.45. The van der Waals surface area contributed by atoms with E-state index in [9.17, 15) is 9.90 Å². The molecule has 0 radical (unpaired) electrons. The highest BCUT2D eigenvalue weighted by Gasteiger charge is 2.22. The van der Waals surface area contributed by atoms with Gasteiger partial charge in [-0.15, -0.1) is 0 Å². The second kappa shape index (κ2) is 9.79. The van der Waals surface area contributed by atoms with Crippen LogP contribution >= 0.6 is 15.9 Å². The minimum Gasteiger partial charge on any atom is -0.549 e. The number of hydrogen-bond donors (Lipinski definition) is 1. The predicted molar refractivity (Wildman–Crippen MR) is 74.5 cm³/mol. The van der Waals surface area contributed by atoms with Crippen molar-refractivity contribution in [3.8, 4) is 0 Å². The van der Waals surface area contributed by atoms with Crippen molar-refractivity contribution in [2.45, 2.75) is 76.3 Å². The third-order valence-corrected chi connectivity index (χ3v) is 4.41. The quantitative estimate of drug-likeness (QED) is 0.798. The van der Waals surface area contributed by atoms with Gasteiger partial charge in [0.1, 0.15) is 0 Å². The fourth-order valence-electron chi connectivity index (χ4n) is 3.04. The number of rotatable bonds is 3. The van der Waals surface area contributed by atoms with Crippen LogP contribution in [0.4, 0.5) is 0 Å². The largest absolute Gasteiger partial charge is 0.549 e. The molecule has 0 atom stereocenters. The average molecular weight is 320 g/mol. The van der Waals surface area contributed by atoms with Gasteiger partial charge in [-0.3, -0.25) is 0 Å². The van der Waals surface area contributed by atoms with Crippen molar-refractivity contribution >= 4 is 21.9 Å². The fraction of sp³-hybridized carbons (Fsp3) is 0.929. The number of carbonyl (C=O) groups is 1. The lowest BCUT2D eigenvalue weighted by Crippen LogP contribution is -2.95. The van der Waals surface area contributed by atoms with Gasteiger partial charge in [0.2, 0.25) is 0 Å². The van der Waals surface area contributed by atoms with Crippen LogP contribution < -0.4 is 10.4 Å². The van der Waals surface area contributed by atoms with Gasteiger partial charge in [0.25, 0.3) is 0 Å². The van der Waals surface area contributed by atoms with E-state index >= 15 is 0 Å². The van der Waals surface area contributed by atoms with Gasteiger partial charge in [-0.05, 0) is 51.4 Å². The van der Waals surface area contributed by atoms with E-state index in [1.54, 1.807) is 0 Å². The summed E-state index contributed by atoms with van der Waals surface area (Å²) in [5.41, 5.74) is 0. The first-order valence-electron chi connectivity index (χ1n) is 7.33. The van der Waals surface area contributed by atoms with Crippen molar-refractivity contribution in [1.29, 1.82) is 0 Å². The molecule has 0 heterocycles. The zero-order chi connectivity index (χ0) is 13.2. The summed E-state index contributed by atoms with van der Waals surface area (Å²) < 4.78 is 0. The second-order valence-electron chi connectivity index (χ2n) is 5.49. The Morgan fingerprint density at radius 3 is 1.56 bits per heavy atom. The zero-order valence-corrected chi connectivity index (χ0v) is 12.8. The summed E-state index contributed by atoms with van der Waals surface area (Å²) >= 11 is 2.65. The third kappa shape index (κ3) is 7.37. The van der Waals surface area contributed by atoms with Crippen LogP contribution in [0.1, 0.15) is 64.2 Å². The van der Waals surface area contributed by atoms with Crippen molar-refractivity contribution in [3.05, 3.63) is 0 Å². The smallest absolute Gasteiger partial charge is 0.0861 e. The van der Waals surface area contributed by atoms with Crippen molar-refractivity contribution in [2.75, 3.05) is 5.33 Å². The Kier molecular flexibility index (Phi) is 8.68. The van der Waals surface area contributed by atoms with E-state index in [4.69, 9.17) is 0 Å². The Morgan fingerprint density at radius 1 is 0.944 bits per heavy atom. The maximum Gasteiger partial charge on any atom is 0.0861 e. The van der Waals surface area contributed by atoms with E-state index in [0.717, 1.165) is 12.1 Å². The molecule has 2 saturated carbocycles. The predicted octanol–water partition coefficient (Wildman–Crippen LogP) is 1.35. The normalized spacial score (nSPS) is 22.1. The second-order valence-corrected chi connectivity index (χ2v) is 6.06. The molecule has 0 aromatic carbocycles. The molecule has 2 N–H and O–H groups in total. The summed E-state index contributed by atoms with van der Waals surface area (Å²) in [6.45, 7) is 0. The molecule has 2 aliphatic carbocycles. The highest BCUT2D eigenvalue weighted by Crippen LogP contribution is 2.18. The number of alkyl halides is 1. The molecular formula is C14H26BrNO2. The van der Waals surface area contributed by atoms with Crippen molar-refractivity contribution in [1.82, 2.24) is 0 Å². The maximum absolute atomic E-state index is 9.21. The SMILES string of the molecule is C1CCC([NH2+]C2CCCCC2)CC1.O=C([O-])CBr. The molecule has 4 heteroatoms. The number of carbonyl (C=O) groups excluding carboxylic acids is 1. The Balaban J connectivity index is 0.000000280. The van der Waals surface area contributed by atoms with Gasteiger partial charge in [0.15, 0.2) is 0 Å². The number of nitrogens with two attached hydrogens (primary N) is 1. The van der Waals surface area contributed by atoms with Crippen LogP contribution in [0.2, 0.25) is 0 Å². The highest BCUT2D eigenvalue weighted by molar-refractivity contribution is 9.09. The Bertz CT molecular complexity index is 208. The standard InChI is InChI=1S/C12H23N.C2H3BrO2/c1-3-7-11(8-4-1)13-12-9-5-2-6-10-12;3-1-2(4)5/h11-13H,1-10H2;1H2,(H,4,5). The number of carboxylic acids is 1. The molecule has 0 aliphatic heterocycles. The van der Waals surface area contributed by atoms with E-state index in [-0.39, 0.29) is 5.33 Å². The topological polar surface area (TPSA) is 56.7 Å². The van der Waals surface area contributed by atoms with Crippen LogP contribution in [-0.4, -0.2) is 23.4 Å². The van der Waals surface area contributed by atoms with Gasteiger partial charge < -0.3 is 15.2 Å². The first-order chi connectivity index (χ1) is 8.72. The third-order valence-electron chi connectivity index (χ3n) is 3.95. The number of carboxylic acid groups (broad SMARTS) is 1. The summed E-state index contributed by atoms with van der Waals surface area (Å²) in [6, 6.07) is 1.99. The molecule has 0 spiro atoms. The van der Waals surface area contributed by atoms with Gasteiger partial charge >= 0.3 is 0 Å². The molecule has 2 aliphatic rings. The van der Waals surface area contributed by atoms with Crippen molar-refractivity contribution in [3.63, 3.8) is 0 Å². The monoisotopic (exact) mass is 319 g/mol. The van der Waals surface area contributed by atoms with Gasteiger partial charge in [-0.1, -0.05) is 28.8 Å². The minimum absolute atomic E-state index is 0.0764. The highest BCUT2D eigenvalue weighted by atomic mass is 79.9. The number of halogens is 1. The Morgan fingerprint density at radius 2 is 1.28 bits per heavy atom. The molecule has 2 fully saturated rings. The molecule has 3 nitrogen and oxygen atoms in total. The first kappa shape index (κ1) is 16.0. The number of aliphatic carboxylic acids is 1. The average Bonchev–Trinajstić information content (AvgIpc) is 2.42. The van der Waals surface area contributed by atoms with E-state index in [1.165, 1.54) is 64.2 Å². The lowest BCUT2D eigenvalue weighted by molar-refractivity contribution is -0.725. The van der Waals surface area contributed by atoms with Crippen LogP contribution in [0.15, 0.2) is 0 Å². The van der Waals surface area contributed by atoms with Crippen LogP contribution in [0.5, 0.6) is 0 Å². The van der Waals surface area contributed by atoms with E-state index < -0.39 is 5.97 Å². The summed E-state index contributed by atoms with van der Waals surface area (Å²) in [5.74, 6) is -1.08. The molecule has 2 rings (SSSR count). The van der Waals surface area contributed by atoms with Gasteiger partial charge in [0, 0.05) is 5.33 Å². The van der Waals surface area contributed by atoms with Gasteiger partial charge in [-0.2, -0.15) is 0 Å². The Labute approximate surface area is 119 Å². The lowest BCUT2D eigenvalue weighted by atomic mass is 9.91. The molecule has 106 valence electrons. The molecule has 0 unspecified atom stereocenters. The molecule has 0 aromatic rings. The summed E-state index contributed by atoms with van der Waals surface area (Å²) in [5, 5.41) is 11.9. The van der Waals surface area contributed by atoms with Crippen LogP contribution in [0.25, 0.3) is 0 Å². The van der Waals surface area contributed by atoms with E-state index in [0.29, 0.717) is 0 Å². The zero-order valence-electron chi connectivity index (χ0n) is 11.2. The van der Waals surface area contributed by atoms with Crippen LogP contribution in [-0.2, 0) is 4.79 Å². The lowest BCUT2D eigenvalue weighted by Gasteiger charge is -2.27. The van der Waals surface area contributed by atoms with Crippen LogP contribution in [0, 0.1) is 0 Å². The number of quaternary nitrogens is 1. The van der Waals surface area contributed by atoms with Crippen molar-refractivity contribution in [2.24, 2.45) is 0 Å². The van der Waals surface area contributed by atoms with Crippen LogP contribution in [0.3, 0.4) is 0 Å². The molecule has 0 saturated heterocycles. The molecule has 0 aromatic heterocycles. The summed E-state index contributed by atoms with van der Waals surface area (Å²) in [6.07, 6.45) is 15.0. The fourth-order valence-corrected chi connectivity index (χ4v) is 3.04. The minimum atomic E-state index is -1.08. The molecule has 0 bridgehead atoms. The molecule has 18 heavy (non-hydrogen) atoms. The molecular weight excluding hydrogens is 294 g/mol.